The number of carbonyl (C=O) groups excluding carboxylic acids is 2. The van der Waals surface area contributed by atoms with Gasteiger partial charge in [0.05, 0.1) is 11.3 Å². The predicted molar refractivity (Wildman–Crippen MR) is 100 cm³/mol. The van der Waals surface area contributed by atoms with Crippen molar-refractivity contribution in [2.24, 2.45) is 0 Å². The molecule has 8 heteroatoms. The Bertz CT molecular complexity index is 930. The second-order valence-corrected chi connectivity index (χ2v) is 6.56. The van der Waals surface area contributed by atoms with E-state index in [2.05, 4.69) is 15.3 Å². The minimum absolute atomic E-state index is 0.329. The summed E-state index contributed by atoms with van der Waals surface area (Å²) < 4.78 is 5.16. The number of hydrogen-bond acceptors (Lipinski definition) is 6. The normalized spacial score (nSPS) is 11.6. The summed E-state index contributed by atoms with van der Waals surface area (Å²) in [5.41, 5.74) is 1.77. The summed E-state index contributed by atoms with van der Waals surface area (Å²) in [6, 6.07) is 10.4. The van der Waals surface area contributed by atoms with Crippen LogP contribution in [0, 0.1) is 0 Å². The smallest absolute Gasteiger partial charge is 0.339 e. The van der Waals surface area contributed by atoms with E-state index in [1.54, 1.807) is 11.4 Å². The zero-order chi connectivity index (χ0) is 18.5. The van der Waals surface area contributed by atoms with Gasteiger partial charge in [0.25, 0.3) is 5.91 Å². The molecule has 0 radical (unpaired) electrons. The van der Waals surface area contributed by atoms with E-state index in [4.69, 9.17) is 16.3 Å². The summed E-state index contributed by atoms with van der Waals surface area (Å²) in [6.45, 7) is 1.50. The summed E-state index contributed by atoms with van der Waals surface area (Å²) in [6.07, 6.45) is 1.99. The SMILES string of the molecule is CC(OC(=O)c1ccncc1)C(=O)Nc1nc(-c2ccccc2Cl)cs1. The number of hydrogen-bond donors (Lipinski definition) is 1. The van der Waals surface area contributed by atoms with Gasteiger partial charge in [-0.3, -0.25) is 15.1 Å². The van der Waals surface area contributed by atoms with Crippen LogP contribution >= 0.6 is 22.9 Å². The first kappa shape index (κ1) is 18.0. The molecule has 2 aromatic heterocycles. The summed E-state index contributed by atoms with van der Waals surface area (Å²) in [5.74, 6) is -1.06. The number of esters is 1. The topological polar surface area (TPSA) is 81.2 Å². The number of aromatic nitrogens is 2. The number of rotatable bonds is 5. The van der Waals surface area contributed by atoms with Crippen LogP contribution in [0.2, 0.25) is 5.02 Å². The molecule has 0 spiro atoms. The molecule has 3 rings (SSSR count). The van der Waals surface area contributed by atoms with Crippen LogP contribution in [0.1, 0.15) is 17.3 Å². The molecule has 0 saturated carbocycles. The van der Waals surface area contributed by atoms with Crippen LogP contribution in [0.3, 0.4) is 0 Å². The monoisotopic (exact) mass is 387 g/mol. The van der Waals surface area contributed by atoms with Gasteiger partial charge in [0, 0.05) is 28.4 Å². The maximum Gasteiger partial charge on any atom is 0.339 e. The van der Waals surface area contributed by atoms with Gasteiger partial charge in [0.1, 0.15) is 0 Å². The van der Waals surface area contributed by atoms with Gasteiger partial charge in [0.15, 0.2) is 11.2 Å². The van der Waals surface area contributed by atoms with Crippen molar-refractivity contribution in [2.75, 3.05) is 5.32 Å². The van der Waals surface area contributed by atoms with Crippen LogP contribution in [-0.4, -0.2) is 27.9 Å². The number of nitrogens with one attached hydrogen (secondary N) is 1. The summed E-state index contributed by atoms with van der Waals surface area (Å²) in [4.78, 5) is 32.4. The maximum atomic E-state index is 12.2. The van der Waals surface area contributed by atoms with Crippen LogP contribution < -0.4 is 5.32 Å². The first-order valence-corrected chi connectivity index (χ1v) is 8.92. The standard InChI is InChI=1S/C18H14ClN3O3S/c1-11(25-17(24)12-6-8-20-9-7-12)16(23)22-18-21-15(10-26-18)13-4-2-3-5-14(13)19/h2-11H,1H3,(H,21,22,23). The van der Waals surface area contributed by atoms with Gasteiger partial charge in [0.2, 0.25) is 0 Å². The van der Waals surface area contributed by atoms with E-state index in [0.29, 0.717) is 21.4 Å². The lowest BCUT2D eigenvalue weighted by Gasteiger charge is -2.12. The van der Waals surface area contributed by atoms with E-state index in [1.165, 1.54) is 42.8 Å². The highest BCUT2D eigenvalue weighted by Gasteiger charge is 2.20. The van der Waals surface area contributed by atoms with Gasteiger partial charge in [-0.05, 0) is 25.1 Å². The molecule has 6 nitrogen and oxygen atoms in total. The fourth-order valence-electron chi connectivity index (χ4n) is 2.10. The lowest BCUT2D eigenvalue weighted by Crippen LogP contribution is -2.29. The molecule has 1 amide bonds. The Kier molecular flexibility index (Phi) is 5.60. The van der Waals surface area contributed by atoms with Crippen molar-refractivity contribution >= 4 is 39.9 Å². The third-order valence-electron chi connectivity index (χ3n) is 3.45. The van der Waals surface area contributed by atoms with Crippen LogP contribution in [-0.2, 0) is 9.53 Å². The average Bonchev–Trinajstić information content (AvgIpc) is 3.11. The second kappa shape index (κ2) is 8.07. The Morgan fingerprint density at radius 3 is 2.65 bits per heavy atom. The van der Waals surface area contributed by atoms with Crippen molar-refractivity contribution in [1.29, 1.82) is 0 Å². The zero-order valence-corrected chi connectivity index (χ0v) is 15.3. The number of carbonyl (C=O) groups is 2. The Labute approximate surface area is 158 Å². The van der Waals surface area contributed by atoms with Gasteiger partial charge < -0.3 is 4.74 Å². The van der Waals surface area contributed by atoms with Crippen molar-refractivity contribution in [3.8, 4) is 11.3 Å². The molecular formula is C18H14ClN3O3S. The van der Waals surface area contributed by atoms with E-state index in [9.17, 15) is 9.59 Å². The van der Waals surface area contributed by atoms with Crippen molar-refractivity contribution in [3.63, 3.8) is 0 Å². The van der Waals surface area contributed by atoms with E-state index >= 15 is 0 Å². The minimum Gasteiger partial charge on any atom is -0.449 e. The Balaban J connectivity index is 1.63. The van der Waals surface area contributed by atoms with E-state index < -0.39 is 18.0 Å². The van der Waals surface area contributed by atoms with Crippen molar-refractivity contribution < 1.29 is 14.3 Å². The molecule has 1 N–H and O–H groups in total. The number of halogens is 1. The third kappa shape index (κ3) is 4.25. The Morgan fingerprint density at radius 2 is 1.92 bits per heavy atom. The number of nitrogens with zero attached hydrogens (tertiary/aromatic N) is 2. The molecule has 0 saturated heterocycles. The molecule has 0 aliphatic rings. The molecule has 0 aliphatic carbocycles. The highest BCUT2D eigenvalue weighted by Crippen LogP contribution is 2.30. The second-order valence-electron chi connectivity index (χ2n) is 5.29. The van der Waals surface area contributed by atoms with Gasteiger partial charge in [-0.1, -0.05) is 29.8 Å². The lowest BCUT2D eigenvalue weighted by molar-refractivity contribution is -0.123. The average molecular weight is 388 g/mol. The zero-order valence-electron chi connectivity index (χ0n) is 13.7. The summed E-state index contributed by atoms with van der Waals surface area (Å²) in [5, 5.41) is 5.42. The van der Waals surface area contributed by atoms with Gasteiger partial charge in [-0.15, -0.1) is 11.3 Å². The molecule has 1 unspecified atom stereocenters. The molecule has 1 atom stereocenters. The fourth-order valence-corrected chi connectivity index (χ4v) is 3.05. The Morgan fingerprint density at radius 1 is 1.19 bits per heavy atom. The predicted octanol–water partition coefficient (Wildman–Crippen LogP) is 4.04. The number of anilines is 1. The van der Waals surface area contributed by atoms with Crippen LogP contribution in [0.15, 0.2) is 54.2 Å². The van der Waals surface area contributed by atoms with E-state index in [0.717, 1.165) is 5.56 Å². The van der Waals surface area contributed by atoms with Crippen molar-refractivity contribution in [2.45, 2.75) is 13.0 Å². The number of ether oxygens (including phenoxy) is 1. The first-order valence-electron chi connectivity index (χ1n) is 7.67. The van der Waals surface area contributed by atoms with Gasteiger partial charge in [-0.25, -0.2) is 9.78 Å². The van der Waals surface area contributed by atoms with Crippen LogP contribution in [0.5, 0.6) is 0 Å². The summed E-state index contributed by atoms with van der Waals surface area (Å²) in [7, 11) is 0. The van der Waals surface area contributed by atoms with Crippen LogP contribution in [0.25, 0.3) is 11.3 Å². The molecule has 0 fully saturated rings. The van der Waals surface area contributed by atoms with E-state index in [1.807, 2.05) is 18.2 Å². The van der Waals surface area contributed by atoms with Gasteiger partial charge >= 0.3 is 5.97 Å². The molecule has 2 heterocycles. The summed E-state index contributed by atoms with van der Waals surface area (Å²) >= 11 is 7.42. The highest BCUT2D eigenvalue weighted by atomic mass is 35.5. The van der Waals surface area contributed by atoms with Crippen molar-refractivity contribution in [1.82, 2.24) is 9.97 Å². The highest BCUT2D eigenvalue weighted by molar-refractivity contribution is 7.14. The minimum atomic E-state index is -0.969. The fraction of sp³-hybridized carbons (Fsp3) is 0.111. The number of thiazole rings is 1. The van der Waals surface area contributed by atoms with Crippen molar-refractivity contribution in [3.05, 3.63) is 64.8 Å². The number of amides is 1. The maximum absolute atomic E-state index is 12.2. The molecule has 3 aromatic rings. The molecule has 132 valence electrons. The van der Waals surface area contributed by atoms with Crippen LogP contribution in [0.4, 0.5) is 5.13 Å². The molecule has 26 heavy (non-hydrogen) atoms. The number of benzene rings is 1. The van der Waals surface area contributed by atoms with E-state index in [-0.39, 0.29) is 0 Å². The molecule has 0 aliphatic heterocycles. The molecule has 1 aromatic carbocycles. The Hall–Kier alpha value is -2.77. The molecule has 0 bridgehead atoms. The molecular weight excluding hydrogens is 374 g/mol. The number of pyridine rings is 1. The third-order valence-corrected chi connectivity index (χ3v) is 4.54. The quantitative estimate of drug-likeness (QED) is 0.668. The first-order chi connectivity index (χ1) is 12.5. The lowest BCUT2D eigenvalue weighted by atomic mass is 10.2. The van der Waals surface area contributed by atoms with Gasteiger partial charge in [-0.2, -0.15) is 0 Å². The largest absolute Gasteiger partial charge is 0.449 e.